The number of piperidine rings is 1. The van der Waals surface area contributed by atoms with Crippen LogP contribution in [0.3, 0.4) is 0 Å². The summed E-state index contributed by atoms with van der Waals surface area (Å²) in [7, 11) is 0. The molecular weight excluding hydrogens is 242 g/mol. The number of aliphatic hydroxyl groups is 1. The van der Waals surface area contributed by atoms with Crippen molar-refractivity contribution in [1.29, 1.82) is 0 Å². The summed E-state index contributed by atoms with van der Waals surface area (Å²) in [6.07, 6.45) is 5.68. The van der Waals surface area contributed by atoms with Crippen LogP contribution in [-0.2, 0) is 0 Å². The van der Waals surface area contributed by atoms with Crippen LogP contribution in [0, 0.1) is 0 Å². The summed E-state index contributed by atoms with van der Waals surface area (Å²) in [5.74, 6) is -0.0125. The van der Waals surface area contributed by atoms with E-state index in [1.807, 2.05) is 18.3 Å². The molecule has 0 aliphatic carbocycles. The molecule has 0 spiro atoms. The quantitative estimate of drug-likeness (QED) is 0.670. The lowest BCUT2D eigenvalue weighted by atomic mass is 10.1. The highest BCUT2D eigenvalue weighted by atomic mass is 16.2. The van der Waals surface area contributed by atoms with Gasteiger partial charge in [0.2, 0.25) is 0 Å². The van der Waals surface area contributed by atoms with Crippen LogP contribution in [0.15, 0.2) is 18.3 Å². The third-order valence-electron chi connectivity index (χ3n) is 3.58. The number of carbonyl (C=O) groups excluding carboxylic acids is 1. The Morgan fingerprint density at radius 1 is 1.42 bits per heavy atom. The number of aliphatic hydroxyl groups excluding tert-OH is 1. The molecule has 106 valence electrons. The molecule has 3 N–H and O–H groups in total. The number of amides is 1. The van der Waals surface area contributed by atoms with Gasteiger partial charge in [-0.3, -0.25) is 4.79 Å². The molecule has 1 fully saturated rings. The molecule has 1 saturated heterocycles. The predicted molar refractivity (Wildman–Crippen MR) is 74.2 cm³/mol. The molecule has 1 aromatic rings. The first-order chi connectivity index (χ1) is 9.33. The molecule has 0 atom stereocenters. The van der Waals surface area contributed by atoms with E-state index in [1.54, 1.807) is 0 Å². The summed E-state index contributed by atoms with van der Waals surface area (Å²) < 4.78 is 2.10. The maximum absolute atomic E-state index is 12.1. The number of unbranched alkanes of at least 4 members (excludes halogenated alkanes) is 1. The molecule has 0 aromatic carbocycles. The maximum atomic E-state index is 12.1. The normalized spacial score (nSPS) is 16.5. The first kappa shape index (κ1) is 14.1. The van der Waals surface area contributed by atoms with E-state index in [-0.39, 0.29) is 12.5 Å². The van der Waals surface area contributed by atoms with Gasteiger partial charge in [-0.2, -0.15) is 0 Å². The first-order valence-corrected chi connectivity index (χ1v) is 7.09. The third kappa shape index (κ3) is 3.81. The Morgan fingerprint density at radius 3 is 2.95 bits per heavy atom. The summed E-state index contributed by atoms with van der Waals surface area (Å²) in [6.45, 7) is 2.83. The first-order valence-electron chi connectivity index (χ1n) is 7.09. The highest BCUT2D eigenvalue weighted by Crippen LogP contribution is 2.21. The molecule has 0 saturated carbocycles. The number of nitrogens with one attached hydrogen (secondary N) is 2. The minimum Gasteiger partial charge on any atom is -0.396 e. The van der Waals surface area contributed by atoms with Crippen LogP contribution in [0.25, 0.3) is 0 Å². The molecule has 2 rings (SSSR count). The van der Waals surface area contributed by atoms with Crippen LogP contribution in [0.4, 0.5) is 0 Å². The Labute approximate surface area is 114 Å². The van der Waals surface area contributed by atoms with Gasteiger partial charge in [-0.05, 0) is 50.9 Å². The van der Waals surface area contributed by atoms with Gasteiger partial charge in [0.25, 0.3) is 5.91 Å². The molecule has 5 nitrogen and oxygen atoms in total. The molecule has 0 unspecified atom stereocenters. The van der Waals surface area contributed by atoms with Crippen molar-refractivity contribution in [3.8, 4) is 0 Å². The van der Waals surface area contributed by atoms with Crippen molar-refractivity contribution < 1.29 is 9.90 Å². The summed E-state index contributed by atoms with van der Waals surface area (Å²) in [6, 6.07) is 4.24. The molecule has 19 heavy (non-hydrogen) atoms. The molecule has 5 heteroatoms. The third-order valence-corrected chi connectivity index (χ3v) is 3.58. The Bertz CT molecular complexity index is 397. The number of hydrogen-bond acceptors (Lipinski definition) is 3. The SMILES string of the molecule is O=C(NCCCCO)c1cccn1C1CCNCC1. The average molecular weight is 265 g/mol. The molecule has 1 aliphatic rings. The van der Waals surface area contributed by atoms with Gasteiger partial charge in [0.1, 0.15) is 5.69 Å². The second kappa shape index (κ2) is 7.31. The molecule has 2 heterocycles. The van der Waals surface area contributed by atoms with Gasteiger partial charge in [0, 0.05) is 25.4 Å². The largest absolute Gasteiger partial charge is 0.396 e. The fourth-order valence-corrected chi connectivity index (χ4v) is 2.52. The van der Waals surface area contributed by atoms with E-state index < -0.39 is 0 Å². The van der Waals surface area contributed by atoms with Gasteiger partial charge < -0.3 is 20.3 Å². The van der Waals surface area contributed by atoms with Crippen molar-refractivity contribution in [3.05, 3.63) is 24.0 Å². The van der Waals surface area contributed by atoms with E-state index in [4.69, 9.17) is 5.11 Å². The van der Waals surface area contributed by atoms with Crippen molar-refractivity contribution in [2.45, 2.75) is 31.7 Å². The monoisotopic (exact) mass is 265 g/mol. The van der Waals surface area contributed by atoms with Crippen molar-refractivity contribution in [1.82, 2.24) is 15.2 Å². The fraction of sp³-hybridized carbons (Fsp3) is 0.643. The Balaban J connectivity index is 1.92. The van der Waals surface area contributed by atoms with E-state index in [9.17, 15) is 4.79 Å². The van der Waals surface area contributed by atoms with Crippen LogP contribution < -0.4 is 10.6 Å². The molecule has 1 aromatic heterocycles. The molecular formula is C14H23N3O2. The van der Waals surface area contributed by atoms with Crippen molar-refractivity contribution in [2.24, 2.45) is 0 Å². The summed E-state index contributed by atoms with van der Waals surface area (Å²) in [5.41, 5.74) is 0.746. The van der Waals surface area contributed by atoms with Crippen molar-refractivity contribution in [2.75, 3.05) is 26.2 Å². The van der Waals surface area contributed by atoms with Gasteiger partial charge in [0.05, 0.1) is 0 Å². The van der Waals surface area contributed by atoms with Gasteiger partial charge in [-0.1, -0.05) is 0 Å². The van der Waals surface area contributed by atoms with Gasteiger partial charge in [-0.15, -0.1) is 0 Å². The van der Waals surface area contributed by atoms with E-state index in [1.165, 1.54) is 0 Å². The molecule has 1 aliphatic heterocycles. The van der Waals surface area contributed by atoms with Crippen LogP contribution >= 0.6 is 0 Å². The Hall–Kier alpha value is -1.33. The van der Waals surface area contributed by atoms with Crippen molar-refractivity contribution in [3.63, 3.8) is 0 Å². The topological polar surface area (TPSA) is 66.3 Å². The average Bonchev–Trinajstić information content (AvgIpc) is 2.94. The lowest BCUT2D eigenvalue weighted by Gasteiger charge is -2.25. The second-order valence-electron chi connectivity index (χ2n) is 4.97. The number of carbonyl (C=O) groups is 1. The minimum absolute atomic E-state index is 0.0125. The Morgan fingerprint density at radius 2 is 2.21 bits per heavy atom. The lowest BCUT2D eigenvalue weighted by molar-refractivity contribution is 0.0939. The number of aromatic nitrogens is 1. The zero-order valence-corrected chi connectivity index (χ0v) is 11.3. The smallest absolute Gasteiger partial charge is 0.267 e. The fourth-order valence-electron chi connectivity index (χ4n) is 2.52. The lowest BCUT2D eigenvalue weighted by Crippen LogP contribution is -2.32. The Kier molecular flexibility index (Phi) is 5.42. The van der Waals surface area contributed by atoms with E-state index in [0.29, 0.717) is 12.6 Å². The number of nitrogens with zero attached hydrogens (tertiary/aromatic N) is 1. The molecule has 0 bridgehead atoms. The number of rotatable bonds is 6. The zero-order chi connectivity index (χ0) is 13.5. The van der Waals surface area contributed by atoms with E-state index in [0.717, 1.165) is 44.5 Å². The summed E-state index contributed by atoms with van der Waals surface area (Å²) in [4.78, 5) is 12.1. The van der Waals surface area contributed by atoms with E-state index >= 15 is 0 Å². The predicted octanol–water partition coefficient (Wildman–Crippen LogP) is 0.915. The van der Waals surface area contributed by atoms with Gasteiger partial charge >= 0.3 is 0 Å². The van der Waals surface area contributed by atoms with E-state index in [2.05, 4.69) is 15.2 Å². The van der Waals surface area contributed by atoms with Crippen LogP contribution in [0.1, 0.15) is 42.2 Å². The highest BCUT2D eigenvalue weighted by molar-refractivity contribution is 5.92. The van der Waals surface area contributed by atoms with Crippen LogP contribution in [0.5, 0.6) is 0 Å². The molecule has 0 radical (unpaired) electrons. The summed E-state index contributed by atoms with van der Waals surface area (Å²) in [5, 5.41) is 15.0. The van der Waals surface area contributed by atoms with Crippen LogP contribution in [0.2, 0.25) is 0 Å². The van der Waals surface area contributed by atoms with Crippen LogP contribution in [-0.4, -0.2) is 41.8 Å². The van der Waals surface area contributed by atoms with Crippen molar-refractivity contribution >= 4 is 5.91 Å². The zero-order valence-electron chi connectivity index (χ0n) is 11.3. The standard InChI is InChI=1S/C14H23N3O2/c18-11-2-1-7-16-14(19)13-4-3-10-17(13)12-5-8-15-9-6-12/h3-4,10,12,15,18H,1-2,5-9,11H2,(H,16,19). The summed E-state index contributed by atoms with van der Waals surface area (Å²) >= 11 is 0. The minimum atomic E-state index is -0.0125. The highest BCUT2D eigenvalue weighted by Gasteiger charge is 2.19. The van der Waals surface area contributed by atoms with Gasteiger partial charge in [0.15, 0.2) is 0 Å². The van der Waals surface area contributed by atoms with Gasteiger partial charge in [-0.25, -0.2) is 0 Å². The second-order valence-corrected chi connectivity index (χ2v) is 4.97. The number of hydrogen-bond donors (Lipinski definition) is 3. The molecule has 1 amide bonds. The maximum Gasteiger partial charge on any atom is 0.267 e.